The van der Waals surface area contributed by atoms with Crippen LogP contribution in [0.5, 0.6) is 0 Å². The lowest BCUT2D eigenvalue weighted by molar-refractivity contribution is -0.145. The molecule has 114 valence electrons. The molecule has 0 spiro atoms. The molecule has 2 aliphatic rings. The summed E-state index contributed by atoms with van der Waals surface area (Å²) in [5, 5.41) is 21.2. The van der Waals surface area contributed by atoms with Gasteiger partial charge >= 0.3 is 0 Å². The third-order valence-electron chi connectivity index (χ3n) is 6.27. The van der Waals surface area contributed by atoms with Crippen LogP contribution < -0.4 is 0 Å². The number of hydrogen-bond donors (Lipinski definition) is 1. The van der Waals surface area contributed by atoms with E-state index in [9.17, 15) is 10.4 Å². The Balaban J connectivity index is 2.17. The van der Waals surface area contributed by atoms with Gasteiger partial charge in [0.25, 0.3) is 0 Å². The van der Waals surface area contributed by atoms with Crippen molar-refractivity contribution in [2.75, 3.05) is 0 Å². The molecule has 0 heterocycles. The summed E-state index contributed by atoms with van der Waals surface area (Å²) in [7, 11) is 0. The Morgan fingerprint density at radius 1 is 1.15 bits per heavy atom. The van der Waals surface area contributed by atoms with Gasteiger partial charge in [0.15, 0.2) is 0 Å². The summed E-state index contributed by atoms with van der Waals surface area (Å²) in [6.45, 7) is 6.62. The van der Waals surface area contributed by atoms with Crippen LogP contribution in [0.25, 0.3) is 0 Å². The second-order valence-corrected chi connectivity index (χ2v) is 7.64. The van der Waals surface area contributed by atoms with Crippen molar-refractivity contribution in [3.8, 4) is 6.07 Å². The zero-order valence-corrected chi connectivity index (χ0v) is 13.5. The molecule has 0 aliphatic heterocycles. The normalized spacial score (nSPS) is 45.9. The van der Waals surface area contributed by atoms with E-state index in [-0.39, 0.29) is 5.92 Å². The monoisotopic (exact) mass is 277 g/mol. The Labute approximate surface area is 124 Å². The summed E-state index contributed by atoms with van der Waals surface area (Å²) in [4.78, 5) is 0. The molecule has 0 radical (unpaired) electrons. The van der Waals surface area contributed by atoms with Gasteiger partial charge in [0, 0.05) is 0 Å². The Hall–Kier alpha value is -0.550. The molecule has 3 atom stereocenters. The van der Waals surface area contributed by atoms with Gasteiger partial charge in [-0.2, -0.15) is 5.26 Å². The van der Waals surface area contributed by atoms with Gasteiger partial charge in [-0.3, -0.25) is 0 Å². The molecule has 0 bridgehead atoms. The van der Waals surface area contributed by atoms with Crippen LogP contribution in [0.15, 0.2) is 0 Å². The molecule has 2 fully saturated rings. The van der Waals surface area contributed by atoms with Crippen LogP contribution in [0.1, 0.15) is 78.6 Å². The van der Waals surface area contributed by atoms with E-state index in [1.165, 1.54) is 19.3 Å². The Bertz CT molecular complexity index is 364. The molecule has 3 unspecified atom stereocenters. The van der Waals surface area contributed by atoms with Crippen LogP contribution >= 0.6 is 0 Å². The molecule has 0 amide bonds. The van der Waals surface area contributed by atoms with Gasteiger partial charge in [-0.25, -0.2) is 0 Å². The van der Waals surface area contributed by atoms with Gasteiger partial charge in [0.1, 0.15) is 0 Å². The number of nitrogens with zero attached hydrogens (tertiary/aromatic N) is 1. The van der Waals surface area contributed by atoms with Gasteiger partial charge < -0.3 is 5.11 Å². The predicted molar refractivity (Wildman–Crippen MR) is 82.0 cm³/mol. The Kier molecular flexibility index (Phi) is 4.80. The summed E-state index contributed by atoms with van der Waals surface area (Å²) >= 11 is 0. The van der Waals surface area contributed by atoms with Crippen molar-refractivity contribution < 1.29 is 5.11 Å². The molecular formula is C18H31NO. The first-order valence-corrected chi connectivity index (χ1v) is 8.61. The van der Waals surface area contributed by atoms with Crippen LogP contribution in [-0.4, -0.2) is 10.7 Å². The van der Waals surface area contributed by atoms with Gasteiger partial charge in [0.2, 0.25) is 0 Å². The molecule has 2 saturated carbocycles. The van der Waals surface area contributed by atoms with Crippen LogP contribution in [0.3, 0.4) is 0 Å². The SMILES string of the molecule is CCCC1CCC(C#N)(C2(O)CC(C)CCC2C)CC1. The van der Waals surface area contributed by atoms with E-state index < -0.39 is 11.0 Å². The minimum absolute atomic E-state index is 0.265. The van der Waals surface area contributed by atoms with Crippen molar-refractivity contribution in [1.82, 2.24) is 0 Å². The predicted octanol–water partition coefficient (Wildman–Crippen LogP) is 4.67. The molecule has 2 heteroatoms. The van der Waals surface area contributed by atoms with Crippen molar-refractivity contribution >= 4 is 0 Å². The zero-order valence-electron chi connectivity index (χ0n) is 13.5. The molecule has 0 saturated heterocycles. The Morgan fingerprint density at radius 2 is 1.80 bits per heavy atom. The summed E-state index contributed by atoms with van der Waals surface area (Å²) in [5.74, 6) is 1.59. The highest BCUT2D eigenvalue weighted by Gasteiger charge is 2.56. The minimum atomic E-state index is -0.753. The highest BCUT2D eigenvalue weighted by atomic mass is 16.3. The smallest absolute Gasteiger partial charge is 0.0863 e. The fraction of sp³-hybridized carbons (Fsp3) is 0.944. The molecule has 0 aromatic rings. The lowest BCUT2D eigenvalue weighted by atomic mass is 9.53. The first kappa shape index (κ1) is 15.8. The van der Waals surface area contributed by atoms with Crippen molar-refractivity contribution in [2.45, 2.75) is 84.2 Å². The molecule has 2 nitrogen and oxygen atoms in total. The molecule has 0 aromatic carbocycles. The van der Waals surface area contributed by atoms with Crippen molar-refractivity contribution in [2.24, 2.45) is 23.2 Å². The highest BCUT2D eigenvalue weighted by Crippen LogP contribution is 2.55. The largest absolute Gasteiger partial charge is 0.388 e. The standard InChI is InChI=1S/C18H31NO/c1-4-5-16-8-10-17(13-19,11-9-16)18(20)12-14(2)6-7-15(18)3/h14-16,20H,4-12H2,1-3H3. The van der Waals surface area contributed by atoms with Gasteiger partial charge in [-0.1, -0.05) is 40.0 Å². The number of hydrogen-bond acceptors (Lipinski definition) is 2. The lowest BCUT2D eigenvalue weighted by Crippen LogP contribution is -2.56. The topological polar surface area (TPSA) is 44.0 Å². The number of rotatable bonds is 3. The summed E-state index contributed by atoms with van der Waals surface area (Å²) < 4.78 is 0. The lowest BCUT2D eigenvalue weighted by Gasteiger charge is -2.53. The minimum Gasteiger partial charge on any atom is -0.388 e. The zero-order chi connectivity index (χ0) is 14.8. The van der Waals surface area contributed by atoms with Gasteiger partial charge in [0.05, 0.1) is 17.1 Å². The van der Waals surface area contributed by atoms with Crippen molar-refractivity contribution in [3.05, 3.63) is 0 Å². The van der Waals surface area contributed by atoms with Crippen LogP contribution in [-0.2, 0) is 0 Å². The fourth-order valence-corrected chi connectivity index (χ4v) is 4.78. The molecule has 20 heavy (non-hydrogen) atoms. The number of nitriles is 1. The molecular weight excluding hydrogens is 246 g/mol. The fourth-order valence-electron chi connectivity index (χ4n) is 4.78. The van der Waals surface area contributed by atoms with Crippen molar-refractivity contribution in [1.29, 1.82) is 5.26 Å². The third-order valence-corrected chi connectivity index (χ3v) is 6.27. The maximum atomic E-state index is 11.4. The maximum Gasteiger partial charge on any atom is 0.0863 e. The first-order valence-electron chi connectivity index (χ1n) is 8.61. The van der Waals surface area contributed by atoms with E-state index >= 15 is 0 Å². The quantitative estimate of drug-likeness (QED) is 0.814. The molecule has 0 aromatic heterocycles. The van der Waals surface area contributed by atoms with Crippen LogP contribution in [0.4, 0.5) is 0 Å². The van der Waals surface area contributed by atoms with E-state index in [0.717, 1.165) is 44.4 Å². The van der Waals surface area contributed by atoms with Crippen LogP contribution in [0, 0.1) is 34.5 Å². The highest BCUT2D eigenvalue weighted by molar-refractivity contribution is 5.15. The van der Waals surface area contributed by atoms with E-state index in [1.54, 1.807) is 0 Å². The van der Waals surface area contributed by atoms with Crippen LogP contribution in [0.2, 0.25) is 0 Å². The van der Waals surface area contributed by atoms with E-state index in [2.05, 4.69) is 26.8 Å². The van der Waals surface area contributed by atoms with Gasteiger partial charge in [-0.15, -0.1) is 0 Å². The van der Waals surface area contributed by atoms with Crippen molar-refractivity contribution in [3.63, 3.8) is 0 Å². The van der Waals surface area contributed by atoms with E-state index in [1.807, 2.05) is 0 Å². The third kappa shape index (κ3) is 2.62. The summed E-state index contributed by atoms with van der Waals surface area (Å²) in [5.41, 5.74) is -1.23. The first-order chi connectivity index (χ1) is 9.47. The molecule has 2 aliphatic carbocycles. The molecule has 2 rings (SSSR count). The number of aliphatic hydroxyl groups is 1. The second kappa shape index (κ2) is 6.06. The summed E-state index contributed by atoms with van der Waals surface area (Å²) in [6, 6.07) is 2.59. The Morgan fingerprint density at radius 3 is 2.35 bits per heavy atom. The van der Waals surface area contributed by atoms with E-state index in [0.29, 0.717) is 5.92 Å². The average molecular weight is 277 g/mol. The maximum absolute atomic E-state index is 11.4. The van der Waals surface area contributed by atoms with E-state index in [4.69, 9.17) is 0 Å². The average Bonchev–Trinajstić information content (AvgIpc) is 2.44. The van der Waals surface area contributed by atoms with Gasteiger partial charge in [-0.05, 0) is 56.3 Å². The second-order valence-electron chi connectivity index (χ2n) is 7.64. The summed E-state index contributed by atoms with van der Waals surface area (Å²) in [6.07, 6.45) is 9.68. The molecule has 1 N–H and O–H groups in total.